The van der Waals surface area contributed by atoms with Crippen molar-refractivity contribution in [2.75, 3.05) is 26.2 Å². The van der Waals surface area contributed by atoms with Gasteiger partial charge in [-0.15, -0.1) is 0 Å². The second-order valence-corrected chi connectivity index (χ2v) is 5.39. The van der Waals surface area contributed by atoms with Gasteiger partial charge in [0.05, 0.1) is 6.54 Å². The SMILES string of the molecule is CCCCCCCCNCC(=O)N1CCCCC1. The summed E-state index contributed by atoms with van der Waals surface area (Å²) in [6, 6.07) is 0. The summed E-state index contributed by atoms with van der Waals surface area (Å²) in [5.74, 6) is 0.292. The van der Waals surface area contributed by atoms with Crippen molar-refractivity contribution in [2.45, 2.75) is 64.7 Å². The fourth-order valence-electron chi connectivity index (χ4n) is 2.48. The number of hydrogen-bond acceptors (Lipinski definition) is 2. The Hall–Kier alpha value is -0.570. The average molecular weight is 254 g/mol. The second kappa shape index (κ2) is 10.4. The van der Waals surface area contributed by atoms with Gasteiger partial charge in [0, 0.05) is 13.1 Å². The molecule has 106 valence electrons. The molecule has 0 aliphatic carbocycles. The Kier molecular flexibility index (Phi) is 8.92. The predicted octanol–water partition coefficient (Wildman–Crippen LogP) is 2.95. The van der Waals surface area contributed by atoms with Crippen molar-refractivity contribution in [1.29, 1.82) is 0 Å². The van der Waals surface area contributed by atoms with Gasteiger partial charge in [-0.05, 0) is 32.2 Å². The molecule has 0 aromatic heterocycles. The third kappa shape index (κ3) is 7.00. The smallest absolute Gasteiger partial charge is 0.236 e. The highest BCUT2D eigenvalue weighted by atomic mass is 16.2. The minimum Gasteiger partial charge on any atom is -0.342 e. The third-order valence-corrected chi connectivity index (χ3v) is 3.69. The zero-order valence-corrected chi connectivity index (χ0v) is 12.0. The topological polar surface area (TPSA) is 32.3 Å². The van der Waals surface area contributed by atoms with Crippen LogP contribution in [0.2, 0.25) is 0 Å². The molecule has 1 heterocycles. The molecule has 1 aliphatic rings. The maximum Gasteiger partial charge on any atom is 0.236 e. The minimum atomic E-state index is 0.292. The molecule has 1 aliphatic heterocycles. The highest BCUT2D eigenvalue weighted by Crippen LogP contribution is 2.08. The monoisotopic (exact) mass is 254 g/mol. The van der Waals surface area contributed by atoms with Crippen LogP contribution < -0.4 is 5.32 Å². The van der Waals surface area contributed by atoms with E-state index >= 15 is 0 Å². The molecule has 3 nitrogen and oxygen atoms in total. The van der Waals surface area contributed by atoms with Crippen LogP contribution in [0.3, 0.4) is 0 Å². The van der Waals surface area contributed by atoms with E-state index in [1.165, 1.54) is 57.8 Å². The van der Waals surface area contributed by atoms with E-state index < -0.39 is 0 Å². The van der Waals surface area contributed by atoms with E-state index in [1.54, 1.807) is 0 Å². The van der Waals surface area contributed by atoms with Gasteiger partial charge in [0.25, 0.3) is 0 Å². The first-order chi connectivity index (χ1) is 8.84. The largest absolute Gasteiger partial charge is 0.342 e. The Labute approximate surface area is 112 Å². The fourth-order valence-corrected chi connectivity index (χ4v) is 2.48. The number of piperidine rings is 1. The zero-order valence-electron chi connectivity index (χ0n) is 12.0. The lowest BCUT2D eigenvalue weighted by atomic mass is 10.1. The highest BCUT2D eigenvalue weighted by molar-refractivity contribution is 5.78. The molecule has 0 saturated carbocycles. The maximum absolute atomic E-state index is 11.8. The van der Waals surface area contributed by atoms with Gasteiger partial charge in [-0.3, -0.25) is 4.79 Å². The van der Waals surface area contributed by atoms with Crippen LogP contribution in [0.1, 0.15) is 64.7 Å². The molecule has 0 bridgehead atoms. The highest BCUT2D eigenvalue weighted by Gasteiger charge is 2.15. The quantitative estimate of drug-likeness (QED) is 0.642. The van der Waals surface area contributed by atoms with Crippen LogP contribution in [-0.2, 0) is 4.79 Å². The summed E-state index contributed by atoms with van der Waals surface area (Å²) in [6.45, 7) is 5.71. The molecular weight excluding hydrogens is 224 g/mol. The van der Waals surface area contributed by atoms with Crippen molar-refractivity contribution in [3.8, 4) is 0 Å². The van der Waals surface area contributed by atoms with Crippen molar-refractivity contribution in [1.82, 2.24) is 10.2 Å². The molecule has 0 aromatic carbocycles. The maximum atomic E-state index is 11.8. The zero-order chi connectivity index (χ0) is 13.1. The molecule has 0 atom stereocenters. The average Bonchev–Trinajstić information content (AvgIpc) is 2.42. The number of likely N-dealkylation sites (tertiary alicyclic amines) is 1. The fraction of sp³-hybridized carbons (Fsp3) is 0.933. The minimum absolute atomic E-state index is 0.292. The van der Waals surface area contributed by atoms with E-state index in [-0.39, 0.29) is 0 Å². The van der Waals surface area contributed by atoms with E-state index in [1.807, 2.05) is 4.90 Å². The van der Waals surface area contributed by atoms with Crippen molar-refractivity contribution in [2.24, 2.45) is 0 Å². The summed E-state index contributed by atoms with van der Waals surface area (Å²) in [4.78, 5) is 13.8. The molecule has 1 saturated heterocycles. The summed E-state index contributed by atoms with van der Waals surface area (Å²) in [5, 5.41) is 3.28. The lowest BCUT2D eigenvalue weighted by Gasteiger charge is -2.26. The second-order valence-electron chi connectivity index (χ2n) is 5.39. The molecule has 1 amide bonds. The van der Waals surface area contributed by atoms with Crippen molar-refractivity contribution < 1.29 is 4.79 Å². The third-order valence-electron chi connectivity index (χ3n) is 3.69. The number of nitrogens with one attached hydrogen (secondary N) is 1. The van der Waals surface area contributed by atoms with Gasteiger partial charge >= 0.3 is 0 Å². The van der Waals surface area contributed by atoms with E-state index in [4.69, 9.17) is 0 Å². The van der Waals surface area contributed by atoms with Crippen molar-refractivity contribution >= 4 is 5.91 Å². The van der Waals surface area contributed by atoms with Crippen LogP contribution in [0.5, 0.6) is 0 Å². The molecular formula is C15H30N2O. The van der Waals surface area contributed by atoms with Crippen LogP contribution in [0.4, 0.5) is 0 Å². The summed E-state index contributed by atoms with van der Waals surface area (Å²) >= 11 is 0. The van der Waals surface area contributed by atoms with E-state index in [0.29, 0.717) is 12.5 Å². The van der Waals surface area contributed by atoms with Gasteiger partial charge in [0.1, 0.15) is 0 Å². The van der Waals surface area contributed by atoms with Gasteiger partial charge in [-0.2, -0.15) is 0 Å². The Balaban J connectivity index is 1.89. The summed E-state index contributed by atoms with van der Waals surface area (Å²) in [7, 11) is 0. The van der Waals surface area contributed by atoms with Gasteiger partial charge in [0.2, 0.25) is 5.91 Å². The number of carbonyl (C=O) groups excluding carboxylic acids is 1. The first kappa shape index (κ1) is 15.5. The van der Waals surface area contributed by atoms with E-state index in [9.17, 15) is 4.79 Å². The van der Waals surface area contributed by atoms with Gasteiger partial charge in [0.15, 0.2) is 0 Å². The molecule has 1 N–H and O–H groups in total. The standard InChI is InChI=1S/C15H30N2O/c1-2-3-4-5-6-8-11-16-14-15(18)17-12-9-7-10-13-17/h16H,2-14H2,1H3. The molecule has 3 heteroatoms. The van der Waals surface area contributed by atoms with Crippen molar-refractivity contribution in [3.05, 3.63) is 0 Å². The molecule has 0 radical (unpaired) electrons. The lowest BCUT2D eigenvalue weighted by molar-refractivity contribution is -0.131. The molecule has 0 spiro atoms. The molecule has 1 fully saturated rings. The summed E-state index contributed by atoms with van der Waals surface area (Å²) < 4.78 is 0. The van der Waals surface area contributed by atoms with Crippen molar-refractivity contribution in [3.63, 3.8) is 0 Å². The summed E-state index contributed by atoms with van der Waals surface area (Å²) in [5.41, 5.74) is 0. The number of unbranched alkanes of at least 4 members (excludes halogenated alkanes) is 5. The van der Waals surface area contributed by atoms with Crippen LogP contribution in [0.25, 0.3) is 0 Å². The van der Waals surface area contributed by atoms with Crippen LogP contribution >= 0.6 is 0 Å². The number of carbonyl (C=O) groups is 1. The Bertz CT molecular complexity index is 213. The molecule has 1 rings (SSSR count). The lowest BCUT2D eigenvalue weighted by Crippen LogP contribution is -2.41. The van der Waals surface area contributed by atoms with Gasteiger partial charge < -0.3 is 10.2 Å². The number of hydrogen-bond donors (Lipinski definition) is 1. The Morgan fingerprint density at radius 1 is 1.00 bits per heavy atom. The number of rotatable bonds is 9. The molecule has 0 aromatic rings. The van der Waals surface area contributed by atoms with E-state index in [0.717, 1.165) is 19.6 Å². The number of nitrogens with zero attached hydrogens (tertiary/aromatic N) is 1. The summed E-state index contributed by atoms with van der Waals surface area (Å²) in [6.07, 6.45) is 11.5. The molecule has 0 unspecified atom stereocenters. The van der Waals surface area contributed by atoms with Crippen LogP contribution in [0.15, 0.2) is 0 Å². The van der Waals surface area contributed by atoms with Crippen LogP contribution in [-0.4, -0.2) is 37.0 Å². The normalized spacial score (nSPS) is 15.9. The first-order valence-electron chi connectivity index (χ1n) is 7.83. The Morgan fingerprint density at radius 3 is 2.39 bits per heavy atom. The molecule has 18 heavy (non-hydrogen) atoms. The van der Waals surface area contributed by atoms with Crippen LogP contribution in [0, 0.1) is 0 Å². The first-order valence-corrected chi connectivity index (χ1v) is 7.83. The number of amides is 1. The van der Waals surface area contributed by atoms with E-state index in [2.05, 4.69) is 12.2 Å². The van der Waals surface area contributed by atoms with Gasteiger partial charge in [-0.25, -0.2) is 0 Å². The Morgan fingerprint density at radius 2 is 1.67 bits per heavy atom. The predicted molar refractivity (Wildman–Crippen MR) is 76.7 cm³/mol. The van der Waals surface area contributed by atoms with Gasteiger partial charge in [-0.1, -0.05) is 39.0 Å².